The van der Waals surface area contributed by atoms with E-state index in [2.05, 4.69) is 26.8 Å². The van der Waals surface area contributed by atoms with Crippen LogP contribution in [-0.2, 0) is 19.4 Å². The van der Waals surface area contributed by atoms with Crippen LogP contribution in [0.25, 0.3) is 0 Å². The smallest absolute Gasteiger partial charge is 0.134 e. The van der Waals surface area contributed by atoms with Gasteiger partial charge in [-0.05, 0) is 71.6 Å². The van der Waals surface area contributed by atoms with Crippen molar-refractivity contribution in [2.75, 3.05) is 0 Å². The van der Waals surface area contributed by atoms with Crippen LogP contribution in [0.1, 0.15) is 54.3 Å². The van der Waals surface area contributed by atoms with Gasteiger partial charge in [0.1, 0.15) is 23.4 Å². The van der Waals surface area contributed by atoms with Gasteiger partial charge < -0.3 is 4.74 Å². The average molecular weight is 463 g/mol. The molecule has 0 radical (unpaired) electrons. The Balaban J connectivity index is 1.49. The number of ether oxygens (including phenoxy) is 1. The molecular weight excluding hydrogens is 436 g/mol. The van der Waals surface area contributed by atoms with Crippen LogP contribution in [-0.4, -0.2) is 6.21 Å². The maximum atomic E-state index is 9.78. The molecule has 5 heteroatoms. The molecule has 32 heavy (non-hydrogen) atoms. The fourth-order valence-corrected chi connectivity index (χ4v) is 5.43. The molecule has 0 amide bonds. The fraction of sp³-hybridized carbons (Fsp3) is 0.333. The van der Waals surface area contributed by atoms with Crippen molar-refractivity contribution in [3.63, 3.8) is 0 Å². The summed E-state index contributed by atoms with van der Waals surface area (Å²) in [6, 6.07) is 17.9. The van der Waals surface area contributed by atoms with Gasteiger partial charge in [-0.3, -0.25) is 0 Å². The highest BCUT2D eigenvalue weighted by atomic mass is 35.5. The largest absolute Gasteiger partial charge is 0.489 e. The highest BCUT2D eigenvalue weighted by Gasteiger charge is 2.32. The molecule has 1 aromatic heterocycles. The Labute approximate surface area is 199 Å². The predicted octanol–water partition coefficient (Wildman–Crippen LogP) is 7.75. The molecule has 164 valence electrons. The number of aliphatic imine (C=N–C) groups is 1. The lowest BCUT2D eigenvalue weighted by Crippen LogP contribution is -2.26. The zero-order chi connectivity index (χ0) is 22.7. The number of nitrogens with zero attached hydrogens (tertiary/aromatic N) is 2. The lowest BCUT2D eigenvalue weighted by Gasteiger charge is -2.33. The van der Waals surface area contributed by atoms with Crippen molar-refractivity contribution in [1.82, 2.24) is 0 Å². The highest BCUT2D eigenvalue weighted by Crippen LogP contribution is 2.44. The van der Waals surface area contributed by atoms with Crippen LogP contribution in [0.15, 0.2) is 53.5 Å². The van der Waals surface area contributed by atoms with Crippen LogP contribution in [0.5, 0.6) is 5.75 Å². The van der Waals surface area contributed by atoms with Gasteiger partial charge in [-0.2, -0.15) is 5.26 Å². The van der Waals surface area contributed by atoms with Gasteiger partial charge in [0, 0.05) is 16.1 Å². The Bertz CT molecular complexity index is 1170. The molecule has 0 saturated heterocycles. The van der Waals surface area contributed by atoms with E-state index in [4.69, 9.17) is 21.3 Å². The summed E-state index contributed by atoms with van der Waals surface area (Å²) in [7, 11) is 0. The molecule has 1 aliphatic carbocycles. The Morgan fingerprint density at radius 2 is 2.00 bits per heavy atom. The molecule has 0 fully saturated rings. The minimum absolute atomic E-state index is 0.282. The predicted molar refractivity (Wildman–Crippen MR) is 133 cm³/mol. The molecule has 0 bridgehead atoms. The number of hydrogen-bond acceptors (Lipinski definition) is 4. The van der Waals surface area contributed by atoms with Crippen molar-refractivity contribution in [3.05, 3.63) is 80.7 Å². The van der Waals surface area contributed by atoms with Gasteiger partial charge in [0.05, 0.1) is 5.56 Å². The summed E-state index contributed by atoms with van der Waals surface area (Å²) in [6.45, 7) is 7.40. The molecule has 0 spiro atoms. The van der Waals surface area contributed by atoms with Crippen LogP contribution in [0.4, 0.5) is 5.00 Å². The lowest BCUT2D eigenvalue weighted by atomic mass is 9.72. The van der Waals surface area contributed by atoms with Gasteiger partial charge in [-0.25, -0.2) is 4.99 Å². The monoisotopic (exact) mass is 462 g/mol. The maximum absolute atomic E-state index is 9.78. The second kappa shape index (κ2) is 9.48. The standard InChI is InChI=1S/C27H27ClN2OS/c1-27(2,3)20-9-12-23-24(15-29)26(32-25(23)14-20)30-16-19-5-4-6-22(13-19)31-17-18-7-10-21(28)11-8-18/h4-8,10-11,13,16,20H,9,12,14,17H2,1-3H3/t20-/m1/s1. The Kier molecular flexibility index (Phi) is 6.69. The van der Waals surface area contributed by atoms with Crippen LogP contribution in [0.2, 0.25) is 5.02 Å². The number of hydrogen-bond donors (Lipinski definition) is 0. The van der Waals surface area contributed by atoms with Crippen molar-refractivity contribution >= 4 is 34.2 Å². The van der Waals surface area contributed by atoms with E-state index < -0.39 is 0 Å². The number of rotatable bonds is 5. The summed E-state index contributed by atoms with van der Waals surface area (Å²) in [5.41, 5.74) is 4.25. The van der Waals surface area contributed by atoms with E-state index in [0.29, 0.717) is 17.5 Å². The minimum atomic E-state index is 0.282. The molecule has 1 heterocycles. The second-order valence-electron chi connectivity index (χ2n) is 9.35. The van der Waals surface area contributed by atoms with E-state index in [-0.39, 0.29) is 5.41 Å². The third-order valence-corrected chi connectivity index (χ3v) is 7.51. The first kappa shape index (κ1) is 22.6. The number of thiophene rings is 1. The van der Waals surface area contributed by atoms with E-state index in [0.717, 1.165) is 46.7 Å². The summed E-state index contributed by atoms with van der Waals surface area (Å²) in [6.07, 6.45) is 4.98. The number of nitriles is 1. The second-order valence-corrected chi connectivity index (χ2v) is 10.9. The van der Waals surface area contributed by atoms with Crippen molar-refractivity contribution < 1.29 is 4.74 Å². The van der Waals surface area contributed by atoms with Crippen molar-refractivity contribution in [3.8, 4) is 11.8 Å². The number of halogens is 1. The summed E-state index contributed by atoms with van der Waals surface area (Å²) in [5, 5.41) is 11.3. The van der Waals surface area contributed by atoms with Crippen LogP contribution >= 0.6 is 22.9 Å². The van der Waals surface area contributed by atoms with Crippen molar-refractivity contribution in [1.29, 1.82) is 5.26 Å². The van der Waals surface area contributed by atoms with Gasteiger partial charge in [-0.15, -0.1) is 11.3 Å². The fourth-order valence-electron chi connectivity index (χ4n) is 4.08. The minimum Gasteiger partial charge on any atom is -0.489 e. The molecule has 2 aromatic carbocycles. The van der Waals surface area contributed by atoms with E-state index >= 15 is 0 Å². The van der Waals surface area contributed by atoms with Gasteiger partial charge in [0.2, 0.25) is 0 Å². The molecule has 1 aliphatic rings. The zero-order valence-corrected chi connectivity index (χ0v) is 20.3. The lowest BCUT2D eigenvalue weighted by molar-refractivity contribution is 0.218. The first-order chi connectivity index (χ1) is 15.3. The van der Waals surface area contributed by atoms with Gasteiger partial charge in [-0.1, -0.05) is 56.6 Å². The molecule has 0 unspecified atom stereocenters. The SMILES string of the molecule is CC(C)(C)[C@@H]1CCc2c(sc(N=Cc3cccc(OCc4ccc(Cl)cc4)c3)c2C#N)C1. The molecule has 0 saturated carbocycles. The van der Waals surface area contributed by atoms with Crippen LogP contribution in [0.3, 0.4) is 0 Å². The third kappa shape index (κ3) is 5.23. The number of fused-ring (bicyclic) bond motifs is 1. The van der Waals surface area contributed by atoms with Crippen LogP contribution in [0, 0.1) is 22.7 Å². The van der Waals surface area contributed by atoms with Crippen LogP contribution < -0.4 is 4.74 Å². The summed E-state index contributed by atoms with van der Waals surface area (Å²) in [4.78, 5) is 6.04. The third-order valence-electron chi connectivity index (χ3n) is 6.09. The Morgan fingerprint density at radius 1 is 1.22 bits per heavy atom. The van der Waals surface area contributed by atoms with E-state index in [9.17, 15) is 5.26 Å². The summed E-state index contributed by atoms with van der Waals surface area (Å²) in [5.74, 6) is 1.43. The van der Waals surface area contributed by atoms with Gasteiger partial charge >= 0.3 is 0 Å². The summed E-state index contributed by atoms with van der Waals surface area (Å²) < 4.78 is 5.92. The van der Waals surface area contributed by atoms with E-state index in [1.807, 2.05) is 54.7 Å². The normalized spacial score (nSPS) is 16.0. The average Bonchev–Trinajstić information content (AvgIpc) is 3.14. The highest BCUT2D eigenvalue weighted by molar-refractivity contribution is 7.16. The van der Waals surface area contributed by atoms with Gasteiger partial charge in [0.25, 0.3) is 0 Å². The van der Waals surface area contributed by atoms with Gasteiger partial charge in [0.15, 0.2) is 0 Å². The molecular formula is C27H27ClN2OS. The number of benzene rings is 2. The molecule has 1 atom stereocenters. The quantitative estimate of drug-likeness (QED) is 0.364. The molecule has 4 rings (SSSR count). The first-order valence-electron chi connectivity index (χ1n) is 10.9. The zero-order valence-electron chi connectivity index (χ0n) is 18.7. The van der Waals surface area contributed by atoms with E-state index in [1.54, 1.807) is 11.3 Å². The van der Waals surface area contributed by atoms with Crippen molar-refractivity contribution in [2.24, 2.45) is 16.3 Å². The van der Waals surface area contributed by atoms with E-state index in [1.165, 1.54) is 10.4 Å². The Morgan fingerprint density at radius 3 is 2.72 bits per heavy atom. The summed E-state index contributed by atoms with van der Waals surface area (Å²) >= 11 is 7.62. The molecule has 0 N–H and O–H groups in total. The molecule has 0 aliphatic heterocycles. The molecule has 3 nitrogen and oxygen atoms in total. The molecule has 3 aromatic rings. The first-order valence-corrected chi connectivity index (χ1v) is 12.1. The van der Waals surface area contributed by atoms with Crippen molar-refractivity contribution in [2.45, 2.75) is 46.6 Å². The maximum Gasteiger partial charge on any atom is 0.134 e. The topological polar surface area (TPSA) is 45.4 Å². The Hall–Kier alpha value is -2.61.